The number of anilines is 2. The van der Waals surface area contributed by atoms with Gasteiger partial charge in [0.25, 0.3) is 10.0 Å². The molecule has 7 nitrogen and oxygen atoms in total. The second-order valence-electron chi connectivity index (χ2n) is 5.51. The monoisotopic (exact) mass is 412 g/mol. The summed E-state index contributed by atoms with van der Waals surface area (Å²) in [6.07, 6.45) is -0.703. The van der Waals surface area contributed by atoms with Crippen LogP contribution in [0.25, 0.3) is 0 Å². The zero-order valence-corrected chi connectivity index (χ0v) is 16.8. The average Bonchev–Trinajstić information content (AvgIpc) is 2.60. The molecule has 2 N–H and O–H groups in total. The van der Waals surface area contributed by atoms with Gasteiger partial charge in [-0.3, -0.25) is 10.0 Å². The van der Waals surface area contributed by atoms with Gasteiger partial charge in [0.2, 0.25) is 0 Å². The van der Waals surface area contributed by atoms with Crippen LogP contribution in [-0.2, 0) is 14.8 Å². The summed E-state index contributed by atoms with van der Waals surface area (Å²) in [4.78, 5) is 11.7. The summed E-state index contributed by atoms with van der Waals surface area (Å²) in [7, 11) is -3.90. The van der Waals surface area contributed by atoms with Crippen LogP contribution in [-0.4, -0.2) is 27.7 Å². The molecule has 0 atom stereocenters. The number of benzene rings is 2. The standard InChI is InChI=1S/C18H21ClN2O5S/c1-4-25-17-9-8-14(11-16(17)20-18(22)26-5-2)27(23,24)21-13-7-6-12(3)15(19)10-13/h6-11,21H,4-5H2,1-3H3,(H,20,22). The third kappa shape index (κ3) is 5.51. The van der Waals surface area contributed by atoms with Gasteiger partial charge in [-0.1, -0.05) is 17.7 Å². The Hall–Kier alpha value is -2.45. The molecule has 0 radical (unpaired) electrons. The van der Waals surface area contributed by atoms with Crippen molar-refractivity contribution >= 4 is 39.1 Å². The Labute approximate surface area is 163 Å². The molecule has 2 aromatic rings. The number of carbonyl (C=O) groups is 1. The number of amides is 1. The number of sulfonamides is 1. The Morgan fingerprint density at radius 3 is 2.48 bits per heavy atom. The molecule has 1 amide bonds. The van der Waals surface area contributed by atoms with Crippen LogP contribution >= 0.6 is 11.6 Å². The lowest BCUT2D eigenvalue weighted by atomic mass is 10.2. The number of halogens is 1. The SMILES string of the molecule is CCOC(=O)Nc1cc(S(=O)(=O)Nc2ccc(C)c(Cl)c2)ccc1OCC. The van der Waals surface area contributed by atoms with E-state index in [0.29, 0.717) is 23.1 Å². The van der Waals surface area contributed by atoms with Crippen LogP contribution in [0.4, 0.5) is 16.2 Å². The highest BCUT2D eigenvalue weighted by atomic mass is 35.5. The van der Waals surface area contributed by atoms with Gasteiger partial charge in [-0.2, -0.15) is 0 Å². The second kappa shape index (κ2) is 8.96. The Morgan fingerprint density at radius 1 is 1.11 bits per heavy atom. The van der Waals surface area contributed by atoms with Gasteiger partial charge >= 0.3 is 6.09 Å². The van der Waals surface area contributed by atoms with E-state index in [1.807, 2.05) is 6.92 Å². The summed E-state index contributed by atoms with van der Waals surface area (Å²) in [5.41, 5.74) is 1.36. The van der Waals surface area contributed by atoms with Crippen molar-refractivity contribution in [2.24, 2.45) is 0 Å². The van der Waals surface area contributed by atoms with Crippen molar-refractivity contribution in [1.29, 1.82) is 0 Å². The summed E-state index contributed by atoms with van der Waals surface area (Å²) >= 11 is 6.04. The van der Waals surface area contributed by atoms with Crippen LogP contribution < -0.4 is 14.8 Å². The van der Waals surface area contributed by atoms with Crippen molar-refractivity contribution in [3.8, 4) is 5.75 Å². The molecule has 0 saturated carbocycles. The molecule has 2 rings (SSSR count). The molecule has 0 aliphatic rings. The van der Waals surface area contributed by atoms with Gasteiger partial charge in [0.05, 0.1) is 29.5 Å². The van der Waals surface area contributed by atoms with E-state index in [-0.39, 0.29) is 17.2 Å². The van der Waals surface area contributed by atoms with E-state index in [4.69, 9.17) is 21.1 Å². The van der Waals surface area contributed by atoms with Crippen molar-refractivity contribution in [2.45, 2.75) is 25.7 Å². The van der Waals surface area contributed by atoms with Crippen LogP contribution in [0.1, 0.15) is 19.4 Å². The van der Waals surface area contributed by atoms with E-state index in [2.05, 4.69) is 10.0 Å². The summed E-state index contributed by atoms with van der Waals surface area (Å²) in [5, 5.41) is 2.94. The van der Waals surface area contributed by atoms with Crippen LogP contribution in [0.15, 0.2) is 41.3 Å². The molecular weight excluding hydrogens is 392 g/mol. The molecule has 146 valence electrons. The summed E-state index contributed by atoms with van der Waals surface area (Å²) in [6.45, 7) is 5.80. The quantitative estimate of drug-likeness (QED) is 0.702. The van der Waals surface area contributed by atoms with Gasteiger partial charge in [0.15, 0.2) is 0 Å². The predicted octanol–water partition coefficient (Wildman–Crippen LogP) is 4.42. The predicted molar refractivity (Wildman–Crippen MR) is 105 cm³/mol. The van der Waals surface area contributed by atoms with Gasteiger partial charge in [-0.05, 0) is 56.7 Å². The fourth-order valence-electron chi connectivity index (χ4n) is 2.20. The first-order chi connectivity index (χ1) is 12.8. The molecule has 0 spiro atoms. The summed E-state index contributed by atoms with van der Waals surface area (Å²) in [6, 6.07) is 9.03. The van der Waals surface area contributed by atoms with Crippen molar-refractivity contribution in [3.05, 3.63) is 47.0 Å². The number of rotatable bonds is 7. The Balaban J connectivity index is 2.34. The van der Waals surface area contributed by atoms with E-state index >= 15 is 0 Å². The first-order valence-electron chi connectivity index (χ1n) is 8.26. The summed E-state index contributed by atoms with van der Waals surface area (Å²) in [5.74, 6) is 0.336. The van der Waals surface area contributed by atoms with Crippen molar-refractivity contribution < 1.29 is 22.7 Å². The van der Waals surface area contributed by atoms with Crippen LogP contribution in [0.5, 0.6) is 5.75 Å². The minimum Gasteiger partial charge on any atom is -0.492 e. The van der Waals surface area contributed by atoms with E-state index < -0.39 is 16.1 Å². The molecule has 0 aromatic heterocycles. The van der Waals surface area contributed by atoms with Crippen molar-refractivity contribution in [2.75, 3.05) is 23.3 Å². The fraction of sp³-hybridized carbons (Fsp3) is 0.278. The maximum absolute atomic E-state index is 12.7. The molecular formula is C18H21ClN2O5S. The molecule has 0 unspecified atom stereocenters. The lowest BCUT2D eigenvalue weighted by molar-refractivity contribution is 0.167. The summed E-state index contributed by atoms with van der Waals surface area (Å²) < 4.78 is 38.1. The second-order valence-corrected chi connectivity index (χ2v) is 7.60. The topological polar surface area (TPSA) is 93.7 Å². The number of carbonyl (C=O) groups excluding carboxylic acids is 1. The zero-order valence-electron chi connectivity index (χ0n) is 15.2. The highest BCUT2D eigenvalue weighted by molar-refractivity contribution is 7.92. The maximum atomic E-state index is 12.7. The van der Waals surface area contributed by atoms with E-state index in [0.717, 1.165) is 5.56 Å². The van der Waals surface area contributed by atoms with Crippen LogP contribution in [0.3, 0.4) is 0 Å². The lowest BCUT2D eigenvalue weighted by Crippen LogP contribution is -2.16. The van der Waals surface area contributed by atoms with Gasteiger partial charge < -0.3 is 9.47 Å². The van der Waals surface area contributed by atoms with E-state index in [9.17, 15) is 13.2 Å². The molecule has 0 bridgehead atoms. The molecule has 0 aliphatic heterocycles. The van der Waals surface area contributed by atoms with Gasteiger partial charge in [0.1, 0.15) is 5.75 Å². The number of aryl methyl sites for hydroxylation is 1. The van der Waals surface area contributed by atoms with Gasteiger partial charge in [0, 0.05) is 5.02 Å². The third-order valence-corrected chi connectivity index (χ3v) is 5.28. The Bertz CT molecular complexity index is 931. The highest BCUT2D eigenvalue weighted by Gasteiger charge is 2.18. The first kappa shape index (κ1) is 20.9. The zero-order chi connectivity index (χ0) is 20.0. The third-order valence-electron chi connectivity index (χ3n) is 3.50. The van der Waals surface area contributed by atoms with Gasteiger partial charge in [-0.15, -0.1) is 0 Å². The van der Waals surface area contributed by atoms with Crippen molar-refractivity contribution in [3.63, 3.8) is 0 Å². The molecule has 0 aliphatic carbocycles. The lowest BCUT2D eigenvalue weighted by Gasteiger charge is -2.14. The maximum Gasteiger partial charge on any atom is 0.411 e. The molecule has 9 heteroatoms. The Morgan fingerprint density at radius 2 is 1.85 bits per heavy atom. The number of hydrogen-bond donors (Lipinski definition) is 2. The molecule has 0 fully saturated rings. The van der Waals surface area contributed by atoms with E-state index in [1.54, 1.807) is 26.0 Å². The normalized spacial score (nSPS) is 11.0. The number of hydrogen-bond acceptors (Lipinski definition) is 5. The molecule has 2 aromatic carbocycles. The Kier molecular flexibility index (Phi) is 6.92. The van der Waals surface area contributed by atoms with Crippen LogP contribution in [0, 0.1) is 6.92 Å². The highest BCUT2D eigenvalue weighted by Crippen LogP contribution is 2.29. The largest absolute Gasteiger partial charge is 0.492 e. The fourth-order valence-corrected chi connectivity index (χ4v) is 3.46. The number of ether oxygens (including phenoxy) is 2. The molecule has 0 heterocycles. The van der Waals surface area contributed by atoms with Gasteiger partial charge in [-0.25, -0.2) is 13.2 Å². The van der Waals surface area contributed by atoms with Crippen LogP contribution in [0.2, 0.25) is 5.02 Å². The number of nitrogens with one attached hydrogen (secondary N) is 2. The van der Waals surface area contributed by atoms with Crippen molar-refractivity contribution in [1.82, 2.24) is 0 Å². The minimum atomic E-state index is -3.90. The van der Waals surface area contributed by atoms with E-state index in [1.165, 1.54) is 24.3 Å². The smallest absolute Gasteiger partial charge is 0.411 e. The minimum absolute atomic E-state index is 0.0468. The molecule has 0 saturated heterocycles. The average molecular weight is 413 g/mol. The first-order valence-corrected chi connectivity index (χ1v) is 10.1. The molecule has 27 heavy (non-hydrogen) atoms.